The van der Waals surface area contributed by atoms with Crippen LogP contribution in [0, 0.1) is 5.82 Å². The van der Waals surface area contributed by atoms with Gasteiger partial charge >= 0.3 is 0 Å². The zero-order valence-corrected chi connectivity index (χ0v) is 20.3. The van der Waals surface area contributed by atoms with Gasteiger partial charge in [-0.2, -0.15) is 0 Å². The van der Waals surface area contributed by atoms with Crippen LogP contribution in [0.3, 0.4) is 0 Å². The number of ether oxygens (including phenoxy) is 1. The fourth-order valence-electron chi connectivity index (χ4n) is 3.32. The van der Waals surface area contributed by atoms with E-state index in [0.29, 0.717) is 33.2 Å². The normalized spacial score (nSPS) is 10.5. The van der Waals surface area contributed by atoms with Crippen LogP contribution in [0.2, 0.25) is 5.02 Å². The van der Waals surface area contributed by atoms with E-state index in [2.05, 4.69) is 37.5 Å². The Morgan fingerprint density at radius 3 is 2.73 bits per heavy atom. The molecule has 0 fully saturated rings. The minimum absolute atomic E-state index is 0.0401. The standard InChI is InChI=1S/C26H22ClFN6O3/c1-2-24(35)30-10-8-25(36)34-22-12-18-21(13-20(22)28)31-15-32-26(18)33-16-6-7-23(19(27)11-16)37-14-17-5-3-4-9-29-17/h2-7,9,11-13,15H,1,8,10,14H2,(H,30,35)(H,34,36)(H,31,32,33). The maximum absolute atomic E-state index is 14.6. The number of amides is 2. The van der Waals surface area contributed by atoms with E-state index < -0.39 is 17.6 Å². The minimum Gasteiger partial charge on any atom is -0.486 e. The maximum Gasteiger partial charge on any atom is 0.243 e. The van der Waals surface area contributed by atoms with Crippen molar-refractivity contribution in [2.24, 2.45) is 0 Å². The van der Waals surface area contributed by atoms with Crippen molar-refractivity contribution in [2.75, 3.05) is 17.2 Å². The largest absolute Gasteiger partial charge is 0.486 e. The predicted octanol–water partition coefficient (Wildman–Crippen LogP) is 4.77. The third-order valence-corrected chi connectivity index (χ3v) is 5.43. The van der Waals surface area contributed by atoms with Crippen LogP contribution in [0.1, 0.15) is 12.1 Å². The Labute approximate surface area is 216 Å². The number of nitrogens with one attached hydrogen (secondary N) is 3. The van der Waals surface area contributed by atoms with Crippen LogP contribution < -0.4 is 20.7 Å². The van der Waals surface area contributed by atoms with Crippen LogP contribution >= 0.6 is 11.6 Å². The van der Waals surface area contributed by atoms with E-state index in [1.807, 2.05) is 18.2 Å². The topological polar surface area (TPSA) is 118 Å². The van der Waals surface area contributed by atoms with Gasteiger partial charge in [0.25, 0.3) is 0 Å². The summed E-state index contributed by atoms with van der Waals surface area (Å²) in [5, 5.41) is 9.00. The van der Waals surface area contributed by atoms with Gasteiger partial charge in [0.1, 0.15) is 30.3 Å². The SMILES string of the molecule is C=CC(=O)NCCC(=O)Nc1cc2c(Nc3ccc(OCc4ccccn4)c(Cl)c3)ncnc2cc1F. The van der Waals surface area contributed by atoms with Crippen molar-refractivity contribution >= 4 is 51.5 Å². The lowest BCUT2D eigenvalue weighted by molar-refractivity contribution is -0.117. The number of hydrogen-bond acceptors (Lipinski definition) is 7. The molecule has 0 atom stereocenters. The second-order valence-corrected chi connectivity index (χ2v) is 8.15. The highest BCUT2D eigenvalue weighted by molar-refractivity contribution is 6.32. The van der Waals surface area contributed by atoms with Gasteiger partial charge in [0.2, 0.25) is 11.8 Å². The third kappa shape index (κ3) is 6.77. The van der Waals surface area contributed by atoms with Gasteiger partial charge in [0, 0.05) is 36.3 Å². The second kappa shape index (κ2) is 11.9. The Hall–Kier alpha value is -4.57. The van der Waals surface area contributed by atoms with Crippen LogP contribution in [-0.2, 0) is 16.2 Å². The van der Waals surface area contributed by atoms with Crippen molar-refractivity contribution in [1.82, 2.24) is 20.3 Å². The fraction of sp³-hybridized carbons (Fsp3) is 0.115. The summed E-state index contributed by atoms with van der Waals surface area (Å²) < 4.78 is 20.4. The molecule has 2 heterocycles. The summed E-state index contributed by atoms with van der Waals surface area (Å²) in [4.78, 5) is 36.0. The molecule has 4 aromatic rings. The number of carbonyl (C=O) groups excluding carboxylic acids is 2. The summed E-state index contributed by atoms with van der Waals surface area (Å²) in [6, 6.07) is 13.4. The van der Waals surface area contributed by atoms with E-state index in [9.17, 15) is 14.0 Å². The van der Waals surface area contributed by atoms with Crippen molar-refractivity contribution in [3.8, 4) is 5.75 Å². The highest BCUT2D eigenvalue weighted by Crippen LogP contribution is 2.32. The molecule has 2 amide bonds. The lowest BCUT2D eigenvalue weighted by Gasteiger charge is -2.13. The molecule has 0 unspecified atom stereocenters. The molecule has 188 valence electrons. The van der Waals surface area contributed by atoms with E-state index >= 15 is 0 Å². The molecule has 9 nitrogen and oxygen atoms in total. The van der Waals surface area contributed by atoms with E-state index in [4.69, 9.17) is 16.3 Å². The number of fused-ring (bicyclic) bond motifs is 1. The van der Waals surface area contributed by atoms with Gasteiger partial charge in [-0.3, -0.25) is 14.6 Å². The number of hydrogen-bond donors (Lipinski definition) is 3. The average molecular weight is 521 g/mol. The lowest BCUT2D eigenvalue weighted by atomic mass is 10.2. The van der Waals surface area contributed by atoms with Crippen LogP contribution in [0.4, 0.5) is 21.6 Å². The van der Waals surface area contributed by atoms with Gasteiger partial charge in [-0.05, 0) is 42.5 Å². The molecule has 0 aliphatic heterocycles. The number of aromatic nitrogens is 3. The fourth-order valence-corrected chi connectivity index (χ4v) is 3.56. The summed E-state index contributed by atoms with van der Waals surface area (Å²) in [5.41, 5.74) is 1.68. The lowest BCUT2D eigenvalue weighted by Crippen LogP contribution is -2.26. The number of anilines is 3. The number of rotatable bonds is 10. The summed E-state index contributed by atoms with van der Waals surface area (Å²) in [7, 11) is 0. The van der Waals surface area contributed by atoms with Gasteiger partial charge in [-0.1, -0.05) is 24.2 Å². The molecular formula is C26H22ClFN6O3. The minimum atomic E-state index is -0.655. The van der Waals surface area contributed by atoms with E-state index in [1.54, 1.807) is 24.4 Å². The summed E-state index contributed by atoms with van der Waals surface area (Å²) >= 11 is 6.41. The zero-order valence-electron chi connectivity index (χ0n) is 19.5. The summed E-state index contributed by atoms with van der Waals surface area (Å²) in [6.45, 7) is 3.69. The van der Waals surface area contributed by atoms with Crippen LogP contribution in [0.5, 0.6) is 5.75 Å². The van der Waals surface area contributed by atoms with Gasteiger partial charge < -0.3 is 20.7 Å². The Morgan fingerprint density at radius 1 is 1.11 bits per heavy atom. The smallest absolute Gasteiger partial charge is 0.243 e. The van der Waals surface area contributed by atoms with Gasteiger partial charge in [-0.15, -0.1) is 0 Å². The monoisotopic (exact) mass is 520 g/mol. The number of nitrogens with zero attached hydrogens (tertiary/aromatic N) is 3. The highest BCUT2D eigenvalue weighted by Gasteiger charge is 2.13. The van der Waals surface area contributed by atoms with E-state index in [1.165, 1.54) is 18.5 Å². The molecule has 2 aromatic heterocycles. The van der Waals surface area contributed by atoms with E-state index in [-0.39, 0.29) is 25.3 Å². The number of halogens is 2. The molecule has 11 heteroatoms. The van der Waals surface area contributed by atoms with Crippen LogP contribution in [0.25, 0.3) is 10.9 Å². The predicted molar refractivity (Wildman–Crippen MR) is 139 cm³/mol. The molecule has 0 bridgehead atoms. The van der Waals surface area contributed by atoms with Gasteiger partial charge in [0.15, 0.2) is 0 Å². The van der Waals surface area contributed by atoms with Crippen molar-refractivity contribution < 1.29 is 18.7 Å². The molecule has 2 aromatic carbocycles. The quantitative estimate of drug-likeness (QED) is 0.258. The highest BCUT2D eigenvalue weighted by atomic mass is 35.5. The van der Waals surface area contributed by atoms with Crippen molar-refractivity contribution in [3.63, 3.8) is 0 Å². The van der Waals surface area contributed by atoms with Crippen molar-refractivity contribution in [1.29, 1.82) is 0 Å². The molecule has 4 rings (SSSR count). The second-order valence-electron chi connectivity index (χ2n) is 7.74. The summed E-state index contributed by atoms with van der Waals surface area (Å²) in [6.07, 6.45) is 4.05. The van der Waals surface area contributed by atoms with Gasteiger partial charge in [-0.25, -0.2) is 14.4 Å². The molecule has 0 spiro atoms. The van der Waals surface area contributed by atoms with Crippen molar-refractivity contribution in [3.05, 3.63) is 90.2 Å². The first kappa shape index (κ1) is 25.5. The summed E-state index contributed by atoms with van der Waals surface area (Å²) in [5.74, 6) is -0.649. The average Bonchev–Trinajstić information content (AvgIpc) is 2.89. The first-order valence-electron chi connectivity index (χ1n) is 11.2. The first-order valence-corrected chi connectivity index (χ1v) is 11.5. The molecule has 3 N–H and O–H groups in total. The maximum atomic E-state index is 14.6. The molecule has 0 saturated heterocycles. The van der Waals surface area contributed by atoms with E-state index in [0.717, 1.165) is 11.8 Å². The number of benzene rings is 2. The number of carbonyl (C=O) groups is 2. The Morgan fingerprint density at radius 2 is 1.97 bits per heavy atom. The molecule has 0 aliphatic rings. The zero-order chi connectivity index (χ0) is 26.2. The Kier molecular flexibility index (Phi) is 8.22. The Balaban J connectivity index is 1.48. The van der Waals surface area contributed by atoms with Crippen molar-refractivity contribution in [2.45, 2.75) is 13.0 Å². The van der Waals surface area contributed by atoms with Crippen LogP contribution in [0.15, 0.2) is 73.7 Å². The molecule has 0 aliphatic carbocycles. The van der Waals surface area contributed by atoms with Crippen LogP contribution in [-0.4, -0.2) is 33.3 Å². The van der Waals surface area contributed by atoms with Gasteiger partial charge in [0.05, 0.1) is 21.9 Å². The first-order chi connectivity index (χ1) is 17.9. The Bertz CT molecular complexity index is 1450. The third-order valence-electron chi connectivity index (χ3n) is 5.13. The molecular weight excluding hydrogens is 499 g/mol. The number of pyridine rings is 1. The molecule has 0 saturated carbocycles. The molecule has 0 radical (unpaired) electrons. The molecule has 37 heavy (non-hydrogen) atoms.